The summed E-state index contributed by atoms with van der Waals surface area (Å²) < 4.78 is 5.20. The number of carbonyl (C=O) groups is 1. The number of anilines is 2. The van der Waals surface area contributed by atoms with E-state index in [0.717, 1.165) is 0 Å². The molecule has 0 atom stereocenters. The van der Waals surface area contributed by atoms with Crippen LogP contribution in [-0.4, -0.2) is 11.2 Å². The molecule has 2 aromatic rings. The lowest BCUT2D eigenvalue weighted by Gasteiger charge is -2.12. The molecule has 0 unspecified atom stereocenters. The van der Waals surface area contributed by atoms with Crippen molar-refractivity contribution in [3.05, 3.63) is 41.7 Å². The number of nitrogens with zero attached hydrogens (tertiary/aromatic N) is 1. The maximum absolute atomic E-state index is 11.9. The van der Waals surface area contributed by atoms with Crippen LogP contribution in [0, 0.1) is 12.3 Å². The second kappa shape index (κ2) is 5.71. The average molecular weight is 283 g/mol. The van der Waals surface area contributed by atoms with Crippen LogP contribution in [0.5, 0.6) is 0 Å². The van der Waals surface area contributed by atoms with Gasteiger partial charge in [0.1, 0.15) is 5.76 Å². The van der Waals surface area contributed by atoms with Gasteiger partial charge in [0.05, 0.1) is 0 Å². The molecule has 21 heavy (non-hydrogen) atoms. The Bertz CT molecular complexity index is 690. The summed E-state index contributed by atoms with van der Waals surface area (Å²) in [6.45, 7) is 6.01. The first-order valence-corrected chi connectivity index (χ1v) is 6.50. The minimum atomic E-state index is -0.405. The molecule has 2 rings (SSSR count). The molecule has 2 amide bonds. The van der Waals surface area contributed by atoms with Crippen LogP contribution >= 0.6 is 0 Å². The van der Waals surface area contributed by atoms with E-state index < -0.39 is 6.03 Å². The minimum Gasteiger partial charge on any atom is -0.359 e. The molecular formula is C16H17N3O2. The van der Waals surface area contributed by atoms with Gasteiger partial charge in [-0.2, -0.15) is 0 Å². The van der Waals surface area contributed by atoms with Gasteiger partial charge in [-0.3, -0.25) is 5.32 Å². The van der Waals surface area contributed by atoms with Gasteiger partial charge >= 0.3 is 6.03 Å². The van der Waals surface area contributed by atoms with Gasteiger partial charge in [0.25, 0.3) is 0 Å². The summed E-state index contributed by atoms with van der Waals surface area (Å²) in [6, 6.07) is 8.33. The number of aromatic nitrogens is 1. The summed E-state index contributed by atoms with van der Waals surface area (Å²) in [4.78, 5) is 11.9. The molecule has 0 bridgehead atoms. The molecule has 0 fully saturated rings. The Hall–Kier alpha value is -2.74. The maximum atomic E-state index is 11.9. The molecule has 0 radical (unpaired) electrons. The summed E-state index contributed by atoms with van der Waals surface area (Å²) in [5, 5.41) is 9.12. The number of urea groups is 1. The van der Waals surface area contributed by atoms with Crippen LogP contribution in [0.15, 0.2) is 34.9 Å². The lowest BCUT2D eigenvalue weighted by Crippen LogP contribution is -2.19. The molecule has 0 spiro atoms. The zero-order valence-electron chi connectivity index (χ0n) is 12.2. The van der Waals surface area contributed by atoms with E-state index >= 15 is 0 Å². The van der Waals surface area contributed by atoms with Crippen molar-refractivity contribution in [1.29, 1.82) is 0 Å². The van der Waals surface area contributed by atoms with Crippen molar-refractivity contribution in [2.45, 2.75) is 26.2 Å². The quantitative estimate of drug-likeness (QED) is 0.827. The second-order valence-corrected chi connectivity index (χ2v) is 5.63. The Kier molecular flexibility index (Phi) is 3.99. The van der Waals surface area contributed by atoms with Crippen LogP contribution in [-0.2, 0) is 5.41 Å². The number of amides is 2. The third-order valence-electron chi connectivity index (χ3n) is 2.78. The molecule has 0 aliphatic heterocycles. The van der Waals surface area contributed by atoms with Crippen molar-refractivity contribution < 1.29 is 9.32 Å². The molecule has 2 N–H and O–H groups in total. The zero-order valence-corrected chi connectivity index (χ0v) is 12.2. The molecule has 108 valence electrons. The van der Waals surface area contributed by atoms with E-state index in [-0.39, 0.29) is 5.41 Å². The van der Waals surface area contributed by atoms with Gasteiger partial charge in [-0.25, -0.2) is 4.79 Å². The normalized spacial score (nSPS) is 10.8. The first-order chi connectivity index (χ1) is 9.88. The molecule has 0 saturated heterocycles. The lowest BCUT2D eigenvalue weighted by atomic mass is 9.93. The van der Waals surface area contributed by atoms with Gasteiger partial charge in [-0.05, 0) is 18.2 Å². The van der Waals surface area contributed by atoms with Crippen LogP contribution in [0.25, 0.3) is 0 Å². The number of benzene rings is 1. The van der Waals surface area contributed by atoms with E-state index in [0.29, 0.717) is 22.8 Å². The first-order valence-electron chi connectivity index (χ1n) is 6.50. The third kappa shape index (κ3) is 3.86. The van der Waals surface area contributed by atoms with Crippen molar-refractivity contribution in [2.24, 2.45) is 0 Å². The number of nitrogens with one attached hydrogen (secondary N) is 2. The predicted octanol–water partition coefficient (Wildman–Crippen LogP) is 3.60. The van der Waals surface area contributed by atoms with Crippen molar-refractivity contribution in [3.8, 4) is 12.3 Å². The summed E-state index contributed by atoms with van der Waals surface area (Å²) in [7, 11) is 0. The average Bonchev–Trinajstić information content (AvgIpc) is 2.87. The highest BCUT2D eigenvalue weighted by atomic mass is 16.5. The highest BCUT2D eigenvalue weighted by Crippen LogP contribution is 2.24. The molecule has 5 heteroatoms. The van der Waals surface area contributed by atoms with Crippen LogP contribution < -0.4 is 10.6 Å². The molecular weight excluding hydrogens is 266 g/mol. The van der Waals surface area contributed by atoms with Gasteiger partial charge in [0.2, 0.25) is 0 Å². The molecule has 1 heterocycles. The standard InChI is InChI=1S/C16H17N3O2/c1-5-11-7-6-8-12(9-11)17-15(20)18-14-10-13(21-19-14)16(2,3)4/h1,6-10H,2-4H3,(H2,17,18,19,20). The fourth-order valence-electron chi connectivity index (χ4n) is 1.65. The Labute approximate surface area is 123 Å². The zero-order chi connectivity index (χ0) is 15.5. The number of hydrogen-bond donors (Lipinski definition) is 2. The van der Waals surface area contributed by atoms with E-state index in [4.69, 9.17) is 10.9 Å². The van der Waals surface area contributed by atoms with Crippen molar-refractivity contribution in [1.82, 2.24) is 5.16 Å². The second-order valence-electron chi connectivity index (χ2n) is 5.63. The highest BCUT2D eigenvalue weighted by Gasteiger charge is 2.20. The number of hydrogen-bond acceptors (Lipinski definition) is 3. The van der Waals surface area contributed by atoms with Gasteiger partial charge in [-0.1, -0.05) is 37.9 Å². The van der Waals surface area contributed by atoms with Gasteiger partial charge in [-0.15, -0.1) is 6.42 Å². The fraction of sp³-hybridized carbons (Fsp3) is 0.250. The molecule has 0 saturated carbocycles. The molecule has 0 aliphatic carbocycles. The lowest BCUT2D eigenvalue weighted by molar-refractivity contribution is 0.262. The molecule has 5 nitrogen and oxygen atoms in total. The van der Waals surface area contributed by atoms with E-state index in [9.17, 15) is 4.79 Å². The Morgan fingerprint density at radius 1 is 1.29 bits per heavy atom. The Morgan fingerprint density at radius 2 is 2.05 bits per heavy atom. The van der Waals surface area contributed by atoms with Crippen molar-refractivity contribution >= 4 is 17.5 Å². The van der Waals surface area contributed by atoms with Crippen molar-refractivity contribution in [2.75, 3.05) is 10.6 Å². The Balaban J connectivity index is 2.02. The largest absolute Gasteiger partial charge is 0.359 e. The van der Waals surface area contributed by atoms with Crippen LogP contribution in [0.4, 0.5) is 16.3 Å². The SMILES string of the molecule is C#Cc1cccc(NC(=O)Nc2cc(C(C)(C)C)on2)c1. The van der Waals surface area contributed by atoms with Crippen molar-refractivity contribution in [3.63, 3.8) is 0 Å². The van der Waals surface area contributed by atoms with Crippen LogP contribution in [0.2, 0.25) is 0 Å². The first kappa shape index (κ1) is 14.7. The maximum Gasteiger partial charge on any atom is 0.324 e. The number of carbonyl (C=O) groups excluding carboxylic acids is 1. The summed E-state index contributed by atoms with van der Waals surface area (Å²) in [5.74, 6) is 3.58. The molecule has 1 aromatic heterocycles. The van der Waals surface area contributed by atoms with E-state index in [1.807, 2.05) is 20.8 Å². The van der Waals surface area contributed by atoms with Crippen LogP contribution in [0.3, 0.4) is 0 Å². The monoisotopic (exact) mass is 283 g/mol. The van der Waals surface area contributed by atoms with Gasteiger partial charge < -0.3 is 9.84 Å². The number of terminal acetylenes is 1. The van der Waals surface area contributed by atoms with Crippen LogP contribution in [0.1, 0.15) is 32.1 Å². The van der Waals surface area contributed by atoms with Gasteiger partial charge in [0, 0.05) is 22.7 Å². The number of rotatable bonds is 2. The summed E-state index contributed by atoms with van der Waals surface area (Å²) in [6.07, 6.45) is 5.32. The summed E-state index contributed by atoms with van der Waals surface area (Å²) in [5.41, 5.74) is 1.15. The summed E-state index contributed by atoms with van der Waals surface area (Å²) >= 11 is 0. The highest BCUT2D eigenvalue weighted by molar-refractivity contribution is 5.99. The minimum absolute atomic E-state index is 0.162. The van der Waals surface area contributed by atoms with E-state index in [1.165, 1.54) is 0 Å². The Morgan fingerprint density at radius 3 is 2.67 bits per heavy atom. The smallest absolute Gasteiger partial charge is 0.324 e. The van der Waals surface area contributed by atoms with E-state index in [2.05, 4.69) is 21.7 Å². The van der Waals surface area contributed by atoms with E-state index in [1.54, 1.807) is 30.3 Å². The molecule has 1 aromatic carbocycles. The topological polar surface area (TPSA) is 67.2 Å². The molecule has 0 aliphatic rings. The predicted molar refractivity (Wildman–Crippen MR) is 82.2 cm³/mol. The third-order valence-corrected chi connectivity index (χ3v) is 2.78. The van der Waals surface area contributed by atoms with Gasteiger partial charge in [0.15, 0.2) is 5.82 Å². The fourth-order valence-corrected chi connectivity index (χ4v) is 1.65.